The number of carbonyl (C=O) groups excluding carboxylic acids is 3. The normalized spacial score (nSPS) is 14.8. The molecule has 1 aliphatic rings. The molecule has 0 radical (unpaired) electrons. The number of esters is 1. The molecule has 0 atom stereocenters. The van der Waals surface area contributed by atoms with Crippen molar-refractivity contribution in [1.29, 1.82) is 0 Å². The van der Waals surface area contributed by atoms with Crippen molar-refractivity contribution in [3.05, 3.63) is 35.4 Å². The Balaban J connectivity index is 2.16. The number of rotatable bonds is 6. The summed E-state index contributed by atoms with van der Waals surface area (Å²) in [5.74, 6) is -0.262. The highest BCUT2D eigenvalue weighted by Gasteiger charge is 2.38. The van der Waals surface area contributed by atoms with Gasteiger partial charge in [0.15, 0.2) is 0 Å². The van der Waals surface area contributed by atoms with E-state index in [-0.39, 0.29) is 30.7 Å². The average Bonchev–Trinajstić information content (AvgIpc) is 2.78. The highest BCUT2D eigenvalue weighted by Crippen LogP contribution is 2.24. The molecule has 7 heteroatoms. The monoisotopic (exact) mass is 364 g/mol. The van der Waals surface area contributed by atoms with Crippen LogP contribution < -0.4 is 0 Å². The molecule has 1 heterocycles. The van der Waals surface area contributed by atoms with Gasteiger partial charge in [0, 0.05) is 12.0 Å². The molecule has 2 amide bonds. The first kappa shape index (κ1) is 19.3. The molecular weight excluding hydrogens is 340 g/mol. The molecule has 0 unspecified atom stereocenters. The fourth-order valence-electron chi connectivity index (χ4n) is 2.39. The molecule has 1 aromatic carbocycles. The fourth-order valence-corrected chi connectivity index (χ4v) is 2.96. The van der Waals surface area contributed by atoms with E-state index in [2.05, 4.69) is 0 Å². The zero-order chi connectivity index (χ0) is 18.6. The minimum atomic E-state index is -0.567. The van der Waals surface area contributed by atoms with Crippen LogP contribution in [0.15, 0.2) is 24.3 Å². The number of nitrogens with zero attached hydrogens (tertiary/aromatic N) is 2. The van der Waals surface area contributed by atoms with Crippen LogP contribution in [0.3, 0.4) is 0 Å². The lowest BCUT2D eigenvalue weighted by Gasteiger charge is -2.27. The van der Waals surface area contributed by atoms with Gasteiger partial charge in [0.1, 0.15) is 5.60 Å². The molecule has 0 saturated carbocycles. The second-order valence-electron chi connectivity index (χ2n) is 6.58. The Labute approximate surface area is 151 Å². The predicted octanol–water partition coefficient (Wildman–Crippen LogP) is 2.48. The lowest BCUT2D eigenvalue weighted by molar-refractivity contribution is -0.155. The van der Waals surface area contributed by atoms with Crippen molar-refractivity contribution < 1.29 is 19.1 Å². The van der Waals surface area contributed by atoms with Gasteiger partial charge in [0.2, 0.25) is 0 Å². The third-order valence-electron chi connectivity index (χ3n) is 3.39. The summed E-state index contributed by atoms with van der Waals surface area (Å²) < 4.78 is 5.30. The molecule has 6 nitrogen and oxygen atoms in total. The lowest BCUT2D eigenvalue weighted by Crippen LogP contribution is -2.46. The van der Waals surface area contributed by atoms with E-state index in [1.807, 2.05) is 6.92 Å². The van der Waals surface area contributed by atoms with Crippen molar-refractivity contribution in [2.24, 2.45) is 0 Å². The summed E-state index contributed by atoms with van der Waals surface area (Å²) in [4.78, 5) is 37.2. The molecule has 1 aliphatic heterocycles. The summed E-state index contributed by atoms with van der Waals surface area (Å²) in [6, 6.07) is 6.73. The van der Waals surface area contributed by atoms with Crippen LogP contribution in [-0.4, -0.2) is 51.2 Å². The first-order chi connectivity index (χ1) is 11.7. The number of thiol groups is 1. The SMILES string of the molecule is CC[SH]=CN(CCC(=O)OC(C)(C)C)N1C(=O)c2ccccc2C1=O. The van der Waals surface area contributed by atoms with Crippen LogP contribution in [0.25, 0.3) is 0 Å². The molecule has 0 aromatic heterocycles. The van der Waals surface area contributed by atoms with Crippen molar-refractivity contribution in [2.45, 2.75) is 39.7 Å². The number of hydrogen-bond acceptors (Lipinski definition) is 4. The molecule has 136 valence electrons. The van der Waals surface area contributed by atoms with E-state index < -0.39 is 5.60 Å². The lowest BCUT2D eigenvalue weighted by atomic mass is 10.1. The zero-order valence-electron chi connectivity index (χ0n) is 15.0. The van der Waals surface area contributed by atoms with Crippen molar-refractivity contribution in [3.8, 4) is 0 Å². The van der Waals surface area contributed by atoms with Gasteiger partial charge in [-0.25, -0.2) is 0 Å². The van der Waals surface area contributed by atoms with Gasteiger partial charge in [-0.3, -0.25) is 14.4 Å². The maximum absolute atomic E-state index is 12.6. The van der Waals surface area contributed by atoms with Crippen LogP contribution in [-0.2, 0) is 9.53 Å². The largest absolute Gasteiger partial charge is 0.460 e. The summed E-state index contributed by atoms with van der Waals surface area (Å²) in [7, 11) is 0. The van der Waals surface area contributed by atoms with E-state index in [0.717, 1.165) is 22.1 Å². The smallest absolute Gasteiger partial charge is 0.307 e. The summed E-state index contributed by atoms with van der Waals surface area (Å²) in [6.07, 6.45) is 0.0837. The third kappa shape index (κ3) is 4.76. The van der Waals surface area contributed by atoms with Gasteiger partial charge in [0.05, 0.1) is 17.5 Å². The quantitative estimate of drug-likeness (QED) is 0.364. The maximum Gasteiger partial charge on any atom is 0.307 e. The minimum Gasteiger partial charge on any atom is -0.460 e. The number of benzene rings is 1. The van der Waals surface area contributed by atoms with E-state index in [1.54, 1.807) is 50.5 Å². The van der Waals surface area contributed by atoms with Crippen LogP contribution in [0.4, 0.5) is 0 Å². The summed E-state index contributed by atoms with van der Waals surface area (Å²) in [6.45, 7) is 7.60. The van der Waals surface area contributed by atoms with Crippen molar-refractivity contribution in [3.63, 3.8) is 0 Å². The minimum absolute atomic E-state index is 0.0837. The topological polar surface area (TPSA) is 66.9 Å². The summed E-state index contributed by atoms with van der Waals surface area (Å²) >= 11 is 0.949. The van der Waals surface area contributed by atoms with E-state index in [1.165, 1.54) is 5.01 Å². The standard InChI is InChI=1S/C18H24N2O4S/c1-5-25-12-19(11-10-15(21)24-18(2,3)4)20-16(22)13-8-6-7-9-14(13)17(20)23/h6-9,12,25H,5,10-11H2,1-4H3. The second-order valence-corrected chi connectivity index (χ2v) is 7.81. The van der Waals surface area contributed by atoms with Crippen LogP contribution in [0.1, 0.15) is 54.8 Å². The number of amides is 2. The molecule has 0 aliphatic carbocycles. The Morgan fingerprint density at radius 3 is 2.24 bits per heavy atom. The van der Waals surface area contributed by atoms with Gasteiger partial charge in [-0.1, -0.05) is 19.1 Å². The highest BCUT2D eigenvalue weighted by atomic mass is 32.1. The van der Waals surface area contributed by atoms with Gasteiger partial charge in [-0.2, -0.15) is 21.4 Å². The third-order valence-corrected chi connectivity index (χ3v) is 4.19. The number of hydrogen-bond donors (Lipinski definition) is 1. The van der Waals surface area contributed by atoms with E-state index >= 15 is 0 Å². The first-order valence-corrected chi connectivity index (χ1v) is 9.35. The van der Waals surface area contributed by atoms with Crippen molar-refractivity contribution >= 4 is 34.6 Å². The highest BCUT2D eigenvalue weighted by molar-refractivity contribution is 7.97. The van der Waals surface area contributed by atoms with Crippen LogP contribution >= 0.6 is 11.4 Å². The molecule has 0 N–H and O–H groups in total. The van der Waals surface area contributed by atoms with Crippen molar-refractivity contribution in [2.75, 3.05) is 12.3 Å². The molecule has 0 bridgehead atoms. The Hall–Kier alpha value is -1.99. The molecule has 0 fully saturated rings. The van der Waals surface area contributed by atoms with E-state index in [9.17, 15) is 14.4 Å². The number of carbonyl (C=O) groups is 3. The average molecular weight is 364 g/mol. The maximum atomic E-state index is 12.6. The Kier molecular flexibility index (Phi) is 6.13. The Bertz CT molecular complexity index is 674. The molecule has 2 rings (SSSR count). The van der Waals surface area contributed by atoms with Crippen LogP contribution in [0, 0.1) is 0 Å². The molecule has 1 aromatic rings. The fraction of sp³-hybridized carbons (Fsp3) is 0.444. The van der Waals surface area contributed by atoms with Crippen LogP contribution in [0.5, 0.6) is 0 Å². The van der Waals surface area contributed by atoms with Gasteiger partial charge in [-0.05, 0) is 38.7 Å². The molecule has 0 spiro atoms. The second kappa shape index (κ2) is 7.93. The van der Waals surface area contributed by atoms with Crippen LogP contribution in [0.2, 0.25) is 0 Å². The van der Waals surface area contributed by atoms with Gasteiger partial charge >= 0.3 is 5.97 Å². The number of fused-ring (bicyclic) bond motifs is 1. The van der Waals surface area contributed by atoms with Gasteiger partial charge in [0.25, 0.3) is 11.8 Å². The molecular formula is C18H24N2O4S. The molecule has 25 heavy (non-hydrogen) atoms. The van der Waals surface area contributed by atoms with Crippen molar-refractivity contribution in [1.82, 2.24) is 10.0 Å². The zero-order valence-corrected chi connectivity index (χ0v) is 15.9. The first-order valence-electron chi connectivity index (χ1n) is 8.20. The number of imide groups is 1. The number of ether oxygens (including phenoxy) is 1. The Morgan fingerprint density at radius 1 is 1.20 bits per heavy atom. The predicted molar refractivity (Wildman–Crippen MR) is 99.7 cm³/mol. The Morgan fingerprint density at radius 2 is 1.76 bits per heavy atom. The summed E-state index contributed by atoms with van der Waals surface area (Å²) in [5.41, 5.74) is 1.96. The summed E-state index contributed by atoms with van der Waals surface area (Å²) in [5, 5.41) is 2.64. The van der Waals surface area contributed by atoms with Gasteiger partial charge in [-0.15, -0.1) is 0 Å². The van der Waals surface area contributed by atoms with Gasteiger partial charge < -0.3 is 4.74 Å². The van der Waals surface area contributed by atoms with E-state index in [4.69, 9.17) is 4.74 Å². The number of hydrazine groups is 1. The molecule has 0 saturated heterocycles. The van der Waals surface area contributed by atoms with E-state index in [0.29, 0.717) is 11.1 Å².